The summed E-state index contributed by atoms with van der Waals surface area (Å²) in [7, 11) is 0. The van der Waals surface area contributed by atoms with E-state index in [0.717, 1.165) is 23.0 Å². The molecule has 8 nitrogen and oxygen atoms in total. The van der Waals surface area contributed by atoms with Crippen LogP contribution in [0.2, 0.25) is 0 Å². The zero-order valence-electron chi connectivity index (χ0n) is 22.5. The Balaban J connectivity index is 1.79. The van der Waals surface area contributed by atoms with Gasteiger partial charge in [0.25, 0.3) is 11.8 Å². The van der Waals surface area contributed by atoms with Gasteiger partial charge in [-0.2, -0.15) is 0 Å². The molecule has 1 aliphatic rings. The van der Waals surface area contributed by atoms with Crippen LogP contribution in [0.4, 0.5) is 4.39 Å². The van der Waals surface area contributed by atoms with Crippen molar-refractivity contribution in [2.75, 3.05) is 0 Å². The molecule has 1 atom stereocenters. The molecule has 0 saturated heterocycles. The molecule has 0 spiro atoms. The van der Waals surface area contributed by atoms with Crippen LogP contribution < -0.4 is 10.6 Å². The zero-order valence-corrected chi connectivity index (χ0v) is 22.5. The van der Waals surface area contributed by atoms with Gasteiger partial charge in [-0.3, -0.25) is 9.59 Å². The molecular weight excluding hydrogens is 487 g/mol. The Morgan fingerprint density at radius 2 is 1.68 bits per heavy atom. The molecule has 3 N–H and O–H groups in total. The van der Waals surface area contributed by atoms with E-state index in [1.165, 1.54) is 12.1 Å². The first-order valence-corrected chi connectivity index (χ1v) is 12.3. The molecule has 1 unspecified atom stereocenters. The summed E-state index contributed by atoms with van der Waals surface area (Å²) in [4.78, 5) is 45.7. The Kier molecular flexibility index (Phi) is 8.60. The molecular formula is C29H33FN4O4. The molecule has 0 fully saturated rings. The highest BCUT2D eigenvalue weighted by molar-refractivity contribution is 5.97. The highest BCUT2D eigenvalue weighted by Crippen LogP contribution is 2.37. The predicted molar refractivity (Wildman–Crippen MR) is 142 cm³/mol. The van der Waals surface area contributed by atoms with Crippen LogP contribution in [-0.2, 0) is 11.3 Å². The fourth-order valence-corrected chi connectivity index (χ4v) is 4.31. The maximum Gasteiger partial charge on any atom is 0.335 e. The number of amides is 2. The molecule has 2 amide bonds. The minimum absolute atomic E-state index is 0.0227. The number of aliphatic carboxylic acids is 1. The molecule has 0 saturated carbocycles. The number of carbonyl (C=O) groups excluding carboxylic acids is 2. The maximum absolute atomic E-state index is 13.5. The number of hydrogen-bond donors (Lipinski definition) is 3. The molecule has 1 aliphatic carbocycles. The third-order valence-corrected chi connectivity index (χ3v) is 7.10. The molecule has 2 aromatic rings. The number of rotatable bonds is 6. The molecule has 1 aromatic carbocycles. The third kappa shape index (κ3) is 6.59. The van der Waals surface area contributed by atoms with Crippen LogP contribution in [0.25, 0.3) is 0 Å². The number of nitrogens with one attached hydrogen (secondary N) is 2. The number of aryl methyl sites for hydroxylation is 1. The van der Waals surface area contributed by atoms with Gasteiger partial charge in [0.05, 0.1) is 11.6 Å². The Hall–Kier alpha value is -4.14. The number of nitrogens with zero attached hydrogens (tertiary/aromatic N) is 2. The highest BCUT2D eigenvalue weighted by Gasteiger charge is 2.31. The van der Waals surface area contributed by atoms with Crippen molar-refractivity contribution in [1.29, 1.82) is 0 Å². The average molecular weight is 521 g/mol. The summed E-state index contributed by atoms with van der Waals surface area (Å²) in [5.41, 5.74) is 3.46. The van der Waals surface area contributed by atoms with E-state index < -0.39 is 29.2 Å². The SMILES string of the molecule is C\C1=C/C=C(C(=O)O)\C(C)=C(/C)C(C)(C)CC1NC(=O)c1cc(C(=O)NCc2ccc(F)c(C)c2)ncn1. The number of carboxylic acid groups (broad SMARTS) is 1. The lowest BCUT2D eigenvalue weighted by Crippen LogP contribution is -2.39. The van der Waals surface area contributed by atoms with Gasteiger partial charge in [0.2, 0.25) is 0 Å². The predicted octanol–water partition coefficient (Wildman–Crippen LogP) is 4.68. The van der Waals surface area contributed by atoms with Crippen molar-refractivity contribution in [1.82, 2.24) is 20.6 Å². The molecule has 1 aromatic heterocycles. The highest BCUT2D eigenvalue weighted by atomic mass is 19.1. The lowest BCUT2D eigenvalue weighted by molar-refractivity contribution is -0.132. The lowest BCUT2D eigenvalue weighted by Gasteiger charge is -2.32. The van der Waals surface area contributed by atoms with E-state index in [1.54, 1.807) is 38.1 Å². The van der Waals surface area contributed by atoms with E-state index >= 15 is 0 Å². The van der Waals surface area contributed by atoms with Crippen LogP contribution in [0, 0.1) is 18.2 Å². The van der Waals surface area contributed by atoms with Crippen molar-refractivity contribution in [3.05, 3.63) is 93.4 Å². The summed E-state index contributed by atoms with van der Waals surface area (Å²) in [6.07, 6.45) is 4.95. The van der Waals surface area contributed by atoms with Gasteiger partial charge in [-0.1, -0.05) is 43.2 Å². The van der Waals surface area contributed by atoms with Gasteiger partial charge < -0.3 is 15.7 Å². The van der Waals surface area contributed by atoms with Crippen LogP contribution in [0.15, 0.2) is 65.0 Å². The van der Waals surface area contributed by atoms with Gasteiger partial charge >= 0.3 is 5.97 Å². The first kappa shape index (κ1) is 28.4. The molecule has 38 heavy (non-hydrogen) atoms. The van der Waals surface area contributed by atoms with Crippen LogP contribution in [-0.4, -0.2) is 38.9 Å². The van der Waals surface area contributed by atoms with E-state index in [2.05, 4.69) is 20.6 Å². The van der Waals surface area contributed by atoms with Crippen molar-refractivity contribution in [3.8, 4) is 0 Å². The van der Waals surface area contributed by atoms with Gasteiger partial charge in [0.1, 0.15) is 23.5 Å². The monoisotopic (exact) mass is 520 g/mol. The molecule has 0 aliphatic heterocycles. The summed E-state index contributed by atoms with van der Waals surface area (Å²) < 4.78 is 13.5. The van der Waals surface area contributed by atoms with Crippen molar-refractivity contribution in [2.45, 2.75) is 60.5 Å². The number of aromatic nitrogens is 2. The molecule has 9 heteroatoms. The number of benzene rings is 1. The Morgan fingerprint density at radius 3 is 2.32 bits per heavy atom. The van der Waals surface area contributed by atoms with Crippen molar-refractivity contribution >= 4 is 17.8 Å². The largest absolute Gasteiger partial charge is 0.478 e. The van der Waals surface area contributed by atoms with Crippen LogP contribution in [0.5, 0.6) is 0 Å². The maximum atomic E-state index is 13.5. The van der Waals surface area contributed by atoms with Crippen LogP contribution in [0.1, 0.15) is 73.1 Å². The Morgan fingerprint density at radius 1 is 1.03 bits per heavy atom. The molecule has 200 valence electrons. The third-order valence-electron chi connectivity index (χ3n) is 7.10. The standard InChI is InChI=1S/C29H33FN4O4/c1-16-7-9-21(28(37)38)18(3)19(4)29(5,6)13-25(16)34-27(36)24-12-23(32-15-33-24)26(35)31-14-20-8-10-22(30)17(2)11-20/h7-12,15,25H,13-14H2,1-6H3,(H,31,35)(H,34,36)(H,37,38)/b16-7+,19-18+,21-9+. The second-order valence-corrected chi connectivity index (χ2v) is 10.2. The number of carboxylic acids is 1. The normalized spacial score (nSPS) is 22.0. The number of hydrogen-bond acceptors (Lipinski definition) is 5. The van der Waals surface area contributed by atoms with Crippen LogP contribution in [0.3, 0.4) is 0 Å². The number of halogens is 1. The van der Waals surface area contributed by atoms with Gasteiger partial charge in [-0.15, -0.1) is 0 Å². The Bertz CT molecular complexity index is 1370. The van der Waals surface area contributed by atoms with Gasteiger partial charge in [0, 0.05) is 12.6 Å². The van der Waals surface area contributed by atoms with E-state index in [1.807, 2.05) is 27.7 Å². The topological polar surface area (TPSA) is 121 Å². The molecule has 1 heterocycles. The summed E-state index contributed by atoms with van der Waals surface area (Å²) in [5, 5.41) is 15.4. The molecule has 0 bridgehead atoms. The average Bonchev–Trinajstić information content (AvgIpc) is 2.89. The zero-order chi connectivity index (χ0) is 28.2. The van der Waals surface area contributed by atoms with Gasteiger partial charge in [-0.25, -0.2) is 19.2 Å². The van der Waals surface area contributed by atoms with Gasteiger partial charge in [-0.05, 0) is 68.4 Å². The second-order valence-electron chi connectivity index (χ2n) is 10.2. The minimum Gasteiger partial charge on any atom is -0.478 e. The fraction of sp³-hybridized carbons (Fsp3) is 0.345. The first-order chi connectivity index (χ1) is 17.8. The van der Waals surface area contributed by atoms with E-state index in [-0.39, 0.29) is 29.3 Å². The number of carbonyl (C=O) groups is 3. The quantitative estimate of drug-likeness (QED) is 0.509. The van der Waals surface area contributed by atoms with E-state index in [9.17, 15) is 23.9 Å². The lowest BCUT2D eigenvalue weighted by atomic mass is 9.76. The summed E-state index contributed by atoms with van der Waals surface area (Å²) >= 11 is 0. The molecule has 0 radical (unpaired) electrons. The summed E-state index contributed by atoms with van der Waals surface area (Å²) in [5.74, 6) is -2.31. The summed E-state index contributed by atoms with van der Waals surface area (Å²) in [6, 6.07) is 5.49. The van der Waals surface area contributed by atoms with Gasteiger partial charge in [0.15, 0.2) is 0 Å². The van der Waals surface area contributed by atoms with E-state index in [4.69, 9.17) is 0 Å². The summed E-state index contributed by atoms with van der Waals surface area (Å²) in [6.45, 7) is 11.4. The van der Waals surface area contributed by atoms with E-state index in [0.29, 0.717) is 17.6 Å². The van der Waals surface area contributed by atoms with Crippen molar-refractivity contribution in [3.63, 3.8) is 0 Å². The number of allylic oxidation sites excluding steroid dienone is 3. The first-order valence-electron chi connectivity index (χ1n) is 12.3. The second kappa shape index (κ2) is 11.5. The van der Waals surface area contributed by atoms with Crippen LogP contribution >= 0.6 is 0 Å². The molecule has 3 rings (SSSR count). The van der Waals surface area contributed by atoms with Crippen molar-refractivity contribution < 1.29 is 23.9 Å². The van der Waals surface area contributed by atoms with Crippen molar-refractivity contribution in [2.24, 2.45) is 5.41 Å². The smallest absolute Gasteiger partial charge is 0.335 e. The Labute approximate surface area is 221 Å². The fourth-order valence-electron chi connectivity index (χ4n) is 4.31. The minimum atomic E-state index is -1.01.